The van der Waals surface area contributed by atoms with Crippen LogP contribution in [0.3, 0.4) is 0 Å². The molecule has 0 aliphatic carbocycles. The van der Waals surface area contributed by atoms with Gasteiger partial charge in [-0.05, 0) is 12.5 Å². The van der Waals surface area contributed by atoms with Gasteiger partial charge in [0.1, 0.15) is 6.04 Å². The molecular weight excluding hydrogens is 248 g/mol. The lowest BCUT2D eigenvalue weighted by atomic mass is 9.95. The van der Waals surface area contributed by atoms with Crippen molar-refractivity contribution < 1.29 is 19.5 Å². The number of carbonyl (C=O) groups excluding carboxylic acids is 2. The maximum Gasteiger partial charge on any atom is 0.320 e. The van der Waals surface area contributed by atoms with Crippen molar-refractivity contribution in [3.05, 3.63) is 35.9 Å². The number of benzene rings is 1. The smallest absolute Gasteiger partial charge is 0.320 e. The standard InChI is InChI=1S/C13H14N2O4/c1-7-10(12(17)14-7)15-11(16)9(13(18)19)8-5-3-2-4-6-8/h2-7,9-10H,1H3,(H,14,17)(H,15,16)(H,18,19). The van der Waals surface area contributed by atoms with Crippen LogP contribution in [-0.2, 0) is 14.4 Å². The molecular formula is C13H14N2O4. The number of nitrogens with one attached hydrogen (secondary N) is 2. The molecule has 3 N–H and O–H groups in total. The molecule has 6 nitrogen and oxygen atoms in total. The number of hydrogen-bond acceptors (Lipinski definition) is 3. The first-order valence-corrected chi connectivity index (χ1v) is 5.89. The van der Waals surface area contributed by atoms with E-state index in [1.807, 2.05) is 0 Å². The first-order valence-electron chi connectivity index (χ1n) is 5.89. The van der Waals surface area contributed by atoms with Crippen molar-refractivity contribution in [2.75, 3.05) is 0 Å². The second-order valence-corrected chi connectivity index (χ2v) is 4.47. The molecule has 19 heavy (non-hydrogen) atoms. The summed E-state index contributed by atoms with van der Waals surface area (Å²) in [6.45, 7) is 1.74. The van der Waals surface area contributed by atoms with Crippen molar-refractivity contribution in [2.45, 2.75) is 24.9 Å². The van der Waals surface area contributed by atoms with Crippen molar-refractivity contribution in [1.82, 2.24) is 10.6 Å². The van der Waals surface area contributed by atoms with E-state index in [-0.39, 0.29) is 11.9 Å². The molecule has 0 aromatic heterocycles. The summed E-state index contributed by atoms with van der Waals surface area (Å²) in [4.78, 5) is 34.5. The molecule has 1 aliphatic heterocycles. The first-order chi connectivity index (χ1) is 9.00. The maximum absolute atomic E-state index is 12.0. The highest BCUT2D eigenvalue weighted by Crippen LogP contribution is 2.17. The predicted molar refractivity (Wildman–Crippen MR) is 66.4 cm³/mol. The van der Waals surface area contributed by atoms with Crippen LogP contribution >= 0.6 is 0 Å². The minimum atomic E-state index is -1.30. The van der Waals surface area contributed by atoms with E-state index in [9.17, 15) is 19.5 Å². The van der Waals surface area contributed by atoms with Crippen LogP contribution in [0, 0.1) is 0 Å². The Morgan fingerprint density at radius 2 is 1.95 bits per heavy atom. The quantitative estimate of drug-likeness (QED) is 0.520. The fraction of sp³-hybridized carbons (Fsp3) is 0.308. The summed E-state index contributed by atoms with van der Waals surface area (Å²) in [7, 11) is 0. The number of carboxylic acid groups (broad SMARTS) is 1. The predicted octanol–water partition coefficient (Wildman–Crippen LogP) is -0.142. The molecule has 0 radical (unpaired) electrons. The Hall–Kier alpha value is -2.37. The molecule has 1 heterocycles. The SMILES string of the molecule is CC1NC(=O)C1NC(=O)C(C(=O)O)c1ccccc1. The van der Waals surface area contributed by atoms with Crippen LogP contribution in [0.15, 0.2) is 30.3 Å². The van der Waals surface area contributed by atoms with Crippen LogP contribution in [0.4, 0.5) is 0 Å². The van der Waals surface area contributed by atoms with Gasteiger partial charge in [0, 0.05) is 0 Å². The summed E-state index contributed by atoms with van der Waals surface area (Å²) in [6.07, 6.45) is 0. The number of amides is 2. The molecule has 1 fully saturated rings. The summed E-state index contributed by atoms with van der Waals surface area (Å²) in [5, 5.41) is 14.2. The van der Waals surface area contributed by atoms with Gasteiger partial charge in [0.25, 0.3) is 0 Å². The van der Waals surface area contributed by atoms with Gasteiger partial charge < -0.3 is 15.7 Å². The third-order valence-corrected chi connectivity index (χ3v) is 3.09. The summed E-state index contributed by atoms with van der Waals surface area (Å²) in [5.74, 6) is -3.51. The zero-order chi connectivity index (χ0) is 14.0. The van der Waals surface area contributed by atoms with Crippen molar-refractivity contribution >= 4 is 17.8 Å². The average Bonchev–Trinajstić information content (AvgIpc) is 2.37. The van der Waals surface area contributed by atoms with Gasteiger partial charge in [-0.2, -0.15) is 0 Å². The Balaban J connectivity index is 2.14. The minimum absolute atomic E-state index is 0.179. The van der Waals surface area contributed by atoms with Crippen LogP contribution in [-0.4, -0.2) is 35.0 Å². The van der Waals surface area contributed by atoms with Gasteiger partial charge in [0.05, 0.1) is 6.04 Å². The minimum Gasteiger partial charge on any atom is -0.480 e. The molecule has 0 bridgehead atoms. The van der Waals surface area contributed by atoms with Crippen LogP contribution in [0.1, 0.15) is 18.4 Å². The molecule has 1 aromatic carbocycles. The van der Waals surface area contributed by atoms with E-state index in [4.69, 9.17) is 0 Å². The third-order valence-electron chi connectivity index (χ3n) is 3.09. The molecule has 2 rings (SSSR count). The Bertz CT molecular complexity index is 515. The molecule has 3 unspecified atom stereocenters. The topological polar surface area (TPSA) is 95.5 Å². The van der Waals surface area contributed by atoms with E-state index >= 15 is 0 Å². The van der Waals surface area contributed by atoms with E-state index in [1.54, 1.807) is 37.3 Å². The summed E-state index contributed by atoms with van der Waals surface area (Å²) in [5.41, 5.74) is 0.389. The van der Waals surface area contributed by atoms with Crippen molar-refractivity contribution in [3.8, 4) is 0 Å². The Morgan fingerprint density at radius 3 is 2.42 bits per heavy atom. The zero-order valence-electron chi connectivity index (χ0n) is 10.3. The van der Waals surface area contributed by atoms with Gasteiger partial charge in [0.2, 0.25) is 11.8 Å². The van der Waals surface area contributed by atoms with Gasteiger partial charge in [-0.3, -0.25) is 14.4 Å². The Kier molecular flexibility index (Phi) is 3.50. The molecule has 0 saturated carbocycles. The van der Waals surface area contributed by atoms with Crippen molar-refractivity contribution in [1.29, 1.82) is 0 Å². The van der Waals surface area contributed by atoms with E-state index in [1.165, 1.54) is 0 Å². The fourth-order valence-corrected chi connectivity index (χ4v) is 2.01. The highest BCUT2D eigenvalue weighted by Gasteiger charge is 2.39. The molecule has 100 valence electrons. The van der Waals surface area contributed by atoms with Gasteiger partial charge in [0.15, 0.2) is 5.92 Å². The summed E-state index contributed by atoms with van der Waals surface area (Å²) >= 11 is 0. The molecule has 2 amide bonds. The first kappa shape index (κ1) is 13.1. The van der Waals surface area contributed by atoms with Gasteiger partial charge in [-0.25, -0.2) is 0 Å². The number of hydrogen-bond donors (Lipinski definition) is 3. The average molecular weight is 262 g/mol. The van der Waals surface area contributed by atoms with Crippen molar-refractivity contribution in [2.24, 2.45) is 0 Å². The zero-order valence-corrected chi connectivity index (χ0v) is 10.3. The molecule has 1 saturated heterocycles. The van der Waals surface area contributed by atoms with Crippen LogP contribution < -0.4 is 10.6 Å². The fourth-order valence-electron chi connectivity index (χ4n) is 2.01. The van der Waals surface area contributed by atoms with E-state index in [2.05, 4.69) is 10.6 Å². The second-order valence-electron chi connectivity index (χ2n) is 4.47. The lowest BCUT2D eigenvalue weighted by Crippen LogP contribution is -2.68. The summed E-state index contributed by atoms with van der Waals surface area (Å²) < 4.78 is 0. The van der Waals surface area contributed by atoms with Crippen molar-refractivity contribution in [3.63, 3.8) is 0 Å². The monoisotopic (exact) mass is 262 g/mol. The third kappa shape index (κ3) is 2.57. The number of carbonyl (C=O) groups is 3. The molecule has 1 aliphatic rings. The largest absolute Gasteiger partial charge is 0.480 e. The highest BCUT2D eigenvalue weighted by molar-refractivity contribution is 6.04. The highest BCUT2D eigenvalue weighted by atomic mass is 16.4. The lowest BCUT2D eigenvalue weighted by Gasteiger charge is -2.35. The number of aliphatic carboxylic acids is 1. The summed E-state index contributed by atoms with van der Waals surface area (Å²) in [6, 6.07) is 7.38. The molecule has 6 heteroatoms. The number of rotatable bonds is 4. The van der Waals surface area contributed by atoms with Gasteiger partial charge >= 0.3 is 5.97 Å². The van der Waals surface area contributed by atoms with E-state index in [0.29, 0.717) is 5.56 Å². The van der Waals surface area contributed by atoms with E-state index < -0.39 is 23.8 Å². The van der Waals surface area contributed by atoms with Crippen LogP contribution in [0.2, 0.25) is 0 Å². The Labute approximate surface area is 109 Å². The molecule has 3 atom stereocenters. The number of carboxylic acids is 1. The Morgan fingerprint density at radius 1 is 1.32 bits per heavy atom. The van der Waals surface area contributed by atoms with Gasteiger partial charge in [-0.1, -0.05) is 30.3 Å². The van der Waals surface area contributed by atoms with E-state index in [0.717, 1.165) is 0 Å². The lowest BCUT2D eigenvalue weighted by molar-refractivity contribution is -0.145. The molecule has 0 spiro atoms. The normalized spacial score (nSPS) is 22.9. The number of β-lactam (4-membered cyclic amide) rings is 1. The van der Waals surface area contributed by atoms with Gasteiger partial charge in [-0.15, -0.1) is 0 Å². The molecule has 1 aromatic rings. The van der Waals surface area contributed by atoms with Crippen LogP contribution in [0.25, 0.3) is 0 Å². The maximum atomic E-state index is 12.0. The van der Waals surface area contributed by atoms with Crippen LogP contribution in [0.5, 0.6) is 0 Å². The second kappa shape index (κ2) is 5.09.